The summed E-state index contributed by atoms with van der Waals surface area (Å²) in [5.74, 6) is -1.44. The fourth-order valence-corrected chi connectivity index (χ4v) is 3.26. The number of carbonyl (C=O) groups excluding carboxylic acids is 1. The zero-order valence-corrected chi connectivity index (χ0v) is 19.0. The second-order valence-electron chi connectivity index (χ2n) is 8.02. The van der Waals surface area contributed by atoms with Crippen LogP contribution in [0.2, 0.25) is 0 Å². The molecule has 0 saturated heterocycles. The van der Waals surface area contributed by atoms with Crippen LogP contribution < -0.4 is 16.6 Å². The van der Waals surface area contributed by atoms with Crippen molar-refractivity contribution in [1.82, 2.24) is 24.6 Å². The number of hydrogen-bond acceptors (Lipinski definition) is 5. The molecule has 3 aromatic rings. The zero-order valence-electron chi connectivity index (χ0n) is 19.0. The third kappa shape index (κ3) is 6.41. The lowest BCUT2D eigenvalue weighted by Gasteiger charge is -2.14. The van der Waals surface area contributed by atoms with Crippen LogP contribution in [0.25, 0.3) is 5.69 Å². The number of amides is 1. The molecule has 35 heavy (non-hydrogen) atoms. The maximum Gasteiger partial charge on any atom is 0.416 e. The number of rotatable bonds is 8. The molecule has 1 amide bonds. The summed E-state index contributed by atoms with van der Waals surface area (Å²) in [5, 5.41) is 6.42. The van der Waals surface area contributed by atoms with Gasteiger partial charge in [0.25, 0.3) is 11.5 Å². The normalized spacial score (nSPS) is 11.6. The molecular formula is C23H23F4N5O3. The van der Waals surface area contributed by atoms with Crippen molar-refractivity contribution in [3.63, 3.8) is 0 Å². The maximum atomic E-state index is 13.6. The fourth-order valence-electron chi connectivity index (χ4n) is 3.26. The molecule has 0 aliphatic carbocycles. The number of carbonyl (C=O) groups is 1. The Morgan fingerprint density at radius 2 is 1.77 bits per heavy atom. The van der Waals surface area contributed by atoms with Gasteiger partial charge in [0.1, 0.15) is 5.82 Å². The van der Waals surface area contributed by atoms with E-state index in [2.05, 4.69) is 10.4 Å². The van der Waals surface area contributed by atoms with Gasteiger partial charge in [0.15, 0.2) is 0 Å². The Morgan fingerprint density at radius 3 is 2.37 bits per heavy atom. The van der Waals surface area contributed by atoms with Crippen molar-refractivity contribution >= 4 is 5.91 Å². The number of nitrogens with zero attached hydrogens (tertiary/aromatic N) is 4. The van der Waals surface area contributed by atoms with Crippen LogP contribution in [0.4, 0.5) is 17.6 Å². The lowest BCUT2D eigenvalue weighted by Crippen LogP contribution is -2.46. The molecule has 0 aliphatic heterocycles. The van der Waals surface area contributed by atoms with E-state index in [4.69, 9.17) is 0 Å². The molecule has 0 atom stereocenters. The molecule has 12 heteroatoms. The standard InChI is InChI=1S/C23H23F4N5O3/c1-30(2)12-4-11-28-20(33)19-21(34)31(14-15-5-3-6-17(24)13-15)22(35)32(29-19)18-9-7-16(8-10-18)23(25,26)27/h3,5-10,13H,4,11-12,14H2,1-2H3,(H,28,33). The smallest absolute Gasteiger partial charge is 0.350 e. The van der Waals surface area contributed by atoms with Crippen LogP contribution in [0.5, 0.6) is 0 Å². The van der Waals surface area contributed by atoms with E-state index < -0.39 is 40.4 Å². The average molecular weight is 493 g/mol. The van der Waals surface area contributed by atoms with Gasteiger partial charge in [0, 0.05) is 6.54 Å². The van der Waals surface area contributed by atoms with Crippen molar-refractivity contribution in [2.75, 3.05) is 27.2 Å². The van der Waals surface area contributed by atoms with Gasteiger partial charge in [-0.15, -0.1) is 0 Å². The third-order valence-electron chi connectivity index (χ3n) is 5.01. The number of hydrogen-bond donors (Lipinski definition) is 1. The first-order chi connectivity index (χ1) is 16.5. The number of alkyl halides is 3. The highest BCUT2D eigenvalue weighted by Gasteiger charge is 2.30. The fraction of sp³-hybridized carbons (Fsp3) is 0.304. The van der Waals surface area contributed by atoms with Crippen LogP contribution in [-0.2, 0) is 12.7 Å². The molecule has 186 valence electrons. The van der Waals surface area contributed by atoms with E-state index in [1.807, 2.05) is 19.0 Å². The summed E-state index contributed by atoms with van der Waals surface area (Å²) in [5.41, 5.74) is -3.38. The number of aromatic nitrogens is 3. The molecule has 8 nitrogen and oxygen atoms in total. The first kappa shape index (κ1) is 25.8. The Balaban J connectivity index is 2.07. The van der Waals surface area contributed by atoms with Crippen molar-refractivity contribution in [1.29, 1.82) is 0 Å². The minimum absolute atomic E-state index is 0.0855. The SMILES string of the molecule is CN(C)CCCNC(=O)c1nn(-c2ccc(C(F)(F)F)cc2)c(=O)n(Cc2cccc(F)c2)c1=O. The highest BCUT2D eigenvalue weighted by atomic mass is 19.4. The van der Waals surface area contributed by atoms with E-state index >= 15 is 0 Å². The van der Waals surface area contributed by atoms with Crippen LogP contribution in [-0.4, -0.2) is 52.3 Å². The van der Waals surface area contributed by atoms with Crippen molar-refractivity contribution in [3.05, 3.63) is 92.0 Å². The summed E-state index contributed by atoms with van der Waals surface area (Å²) in [6, 6.07) is 8.71. The predicted octanol–water partition coefficient (Wildman–Crippen LogP) is 2.28. The topological polar surface area (TPSA) is 89.2 Å². The summed E-state index contributed by atoms with van der Waals surface area (Å²) in [6.45, 7) is 0.517. The van der Waals surface area contributed by atoms with E-state index in [1.165, 1.54) is 18.2 Å². The van der Waals surface area contributed by atoms with Gasteiger partial charge in [-0.2, -0.15) is 23.0 Å². The van der Waals surface area contributed by atoms with Gasteiger partial charge in [-0.05, 0) is 69.0 Å². The molecule has 1 N–H and O–H groups in total. The molecule has 1 heterocycles. The van der Waals surface area contributed by atoms with Gasteiger partial charge in [0.05, 0.1) is 17.8 Å². The van der Waals surface area contributed by atoms with E-state index in [0.29, 0.717) is 22.2 Å². The molecule has 2 aromatic carbocycles. The first-order valence-electron chi connectivity index (χ1n) is 10.6. The largest absolute Gasteiger partial charge is 0.416 e. The van der Waals surface area contributed by atoms with Crippen molar-refractivity contribution in [3.8, 4) is 5.69 Å². The van der Waals surface area contributed by atoms with Crippen LogP contribution in [0.15, 0.2) is 58.1 Å². The monoisotopic (exact) mass is 493 g/mol. The van der Waals surface area contributed by atoms with Gasteiger partial charge in [-0.1, -0.05) is 12.1 Å². The van der Waals surface area contributed by atoms with Gasteiger partial charge >= 0.3 is 11.9 Å². The summed E-state index contributed by atoms with van der Waals surface area (Å²) >= 11 is 0. The van der Waals surface area contributed by atoms with E-state index in [0.717, 1.165) is 30.3 Å². The molecule has 0 bridgehead atoms. The van der Waals surface area contributed by atoms with Crippen LogP contribution in [0.3, 0.4) is 0 Å². The predicted molar refractivity (Wildman–Crippen MR) is 120 cm³/mol. The van der Waals surface area contributed by atoms with Gasteiger partial charge in [0.2, 0.25) is 5.69 Å². The number of benzene rings is 2. The lowest BCUT2D eigenvalue weighted by atomic mass is 10.2. The number of nitrogens with one attached hydrogen (secondary N) is 1. The molecule has 0 aliphatic rings. The molecule has 1 aromatic heterocycles. The van der Waals surface area contributed by atoms with E-state index in [9.17, 15) is 31.9 Å². The minimum Gasteiger partial charge on any atom is -0.350 e. The molecule has 0 unspecified atom stereocenters. The second-order valence-corrected chi connectivity index (χ2v) is 8.02. The Kier molecular flexibility index (Phi) is 7.85. The molecular weight excluding hydrogens is 470 g/mol. The van der Waals surface area contributed by atoms with Crippen molar-refractivity contribution in [2.45, 2.75) is 19.1 Å². The van der Waals surface area contributed by atoms with Crippen molar-refractivity contribution in [2.24, 2.45) is 0 Å². The third-order valence-corrected chi connectivity index (χ3v) is 5.01. The molecule has 0 spiro atoms. The van der Waals surface area contributed by atoms with E-state index in [1.54, 1.807) is 0 Å². The molecule has 0 saturated carbocycles. The highest BCUT2D eigenvalue weighted by Crippen LogP contribution is 2.29. The summed E-state index contributed by atoms with van der Waals surface area (Å²) in [7, 11) is 3.71. The average Bonchev–Trinajstić information content (AvgIpc) is 2.79. The van der Waals surface area contributed by atoms with Crippen LogP contribution in [0.1, 0.15) is 28.0 Å². The summed E-state index contributed by atoms with van der Waals surface area (Å²) < 4.78 is 53.8. The quantitative estimate of drug-likeness (QED) is 0.384. The van der Waals surface area contributed by atoms with Crippen molar-refractivity contribution < 1.29 is 22.4 Å². The summed E-state index contributed by atoms with van der Waals surface area (Å²) in [6.07, 6.45) is -4.01. The summed E-state index contributed by atoms with van der Waals surface area (Å²) in [4.78, 5) is 40.7. The Hall–Kier alpha value is -3.80. The lowest BCUT2D eigenvalue weighted by molar-refractivity contribution is -0.137. The minimum atomic E-state index is -4.59. The number of halogens is 4. The first-order valence-corrected chi connectivity index (χ1v) is 10.6. The second kappa shape index (κ2) is 10.6. The highest BCUT2D eigenvalue weighted by molar-refractivity contribution is 5.91. The molecule has 3 rings (SSSR count). The molecule has 0 radical (unpaired) electrons. The Bertz CT molecular complexity index is 1310. The molecule has 0 fully saturated rings. The van der Waals surface area contributed by atoms with Gasteiger partial charge < -0.3 is 10.2 Å². The van der Waals surface area contributed by atoms with E-state index in [-0.39, 0.29) is 24.3 Å². The van der Waals surface area contributed by atoms with Gasteiger partial charge in [-0.3, -0.25) is 14.2 Å². The van der Waals surface area contributed by atoms with Crippen LogP contribution >= 0.6 is 0 Å². The zero-order chi connectivity index (χ0) is 25.8. The Labute approximate surface area is 197 Å². The Morgan fingerprint density at radius 1 is 1.09 bits per heavy atom. The maximum absolute atomic E-state index is 13.6. The van der Waals surface area contributed by atoms with Gasteiger partial charge in [-0.25, -0.2) is 9.18 Å². The van der Waals surface area contributed by atoms with Crippen LogP contribution in [0, 0.1) is 5.82 Å².